The molecule has 1 aromatic rings. The summed E-state index contributed by atoms with van der Waals surface area (Å²) in [6.07, 6.45) is 4.19. The van der Waals surface area contributed by atoms with Crippen molar-refractivity contribution in [3.8, 4) is 0 Å². The van der Waals surface area contributed by atoms with Gasteiger partial charge in [0.15, 0.2) is 0 Å². The van der Waals surface area contributed by atoms with Crippen LogP contribution < -0.4 is 5.32 Å². The first-order chi connectivity index (χ1) is 7.77. The van der Waals surface area contributed by atoms with E-state index < -0.39 is 0 Å². The Morgan fingerprint density at radius 2 is 2.31 bits per heavy atom. The maximum absolute atomic E-state index is 6.06. The summed E-state index contributed by atoms with van der Waals surface area (Å²) in [6, 6.07) is 4.30. The number of hydrogen-bond acceptors (Lipinski definition) is 3. The molecule has 0 spiro atoms. The quantitative estimate of drug-likeness (QED) is 0.757. The number of pyridine rings is 1. The van der Waals surface area contributed by atoms with Gasteiger partial charge in [0.05, 0.1) is 5.02 Å². The van der Waals surface area contributed by atoms with Crippen molar-refractivity contribution in [2.45, 2.75) is 37.8 Å². The van der Waals surface area contributed by atoms with Crippen LogP contribution in [-0.2, 0) is 0 Å². The van der Waals surface area contributed by atoms with Crippen molar-refractivity contribution in [3.05, 3.63) is 23.4 Å². The van der Waals surface area contributed by atoms with Gasteiger partial charge in [-0.3, -0.25) is 0 Å². The van der Waals surface area contributed by atoms with E-state index in [0.29, 0.717) is 6.04 Å². The largest absolute Gasteiger partial charge is 0.313 e. The Hall–Kier alpha value is -0.250. The summed E-state index contributed by atoms with van der Waals surface area (Å²) in [5.41, 5.74) is 0. The molecule has 0 saturated heterocycles. The van der Waals surface area contributed by atoms with E-state index in [0.717, 1.165) is 22.3 Å². The van der Waals surface area contributed by atoms with Gasteiger partial charge in [-0.15, -0.1) is 11.8 Å². The molecule has 2 nitrogen and oxygen atoms in total. The standard InChI is InChI=1S/C12H19ClN2S/c1-3-6-10(14-4-2)9-16-12-11(13)7-5-8-15-12/h5,7-8,10,14H,3-4,6,9H2,1-2H3. The SMILES string of the molecule is CCCC(CSc1ncccc1Cl)NCC. The zero-order chi connectivity index (χ0) is 11.8. The molecule has 1 aromatic heterocycles. The van der Waals surface area contributed by atoms with E-state index in [2.05, 4.69) is 24.1 Å². The van der Waals surface area contributed by atoms with E-state index in [-0.39, 0.29) is 0 Å². The third-order valence-corrected chi connectivity index (χ3v) is 3.86. The van der Waals surface area contributed by atoms with Gasteiger partial charge in [0.1, 0.15) is 5.03 Å². The van der Waals surface area contributed by atoms with Gasteiger partial charge in [0, 0.05) is 18.0 Å². The summed E-state index contributed by atoms with van der Waals surface area (Å²) in [5, 5.41) is 5.16. The van der Waals surface area contributed by atoms with Crippen LogP contribution in [0.5, 0.6) is 0 Å². The highest BCUT2D eigenvalue weighted by atomic mass is 35.5. The maximum atomic E-state index is 6.06. The fraction of sp³-hybridized carbons (Fsp3) is 0.583. The van der Waals surface area contributed by atoms with Gasteiger partial charge in [0.2, 0.25) is 0 Å². The highest BCUT2D eigenvalue weighted by molar-refractivity contribution is 7.99. The molecular weight excluding hydrogens is 240 g/mol. The zero-order valence-electron chi connectivity index (χ0n) is 9.87. The maximum Gasteiger partial charge on any atom is 0.115 e. The minimum absolute atomic E-state index is 0.554. The van der Waals surface area contributed by atoms with Crippen molar-refractivity contribution >= 4 is 23.4 Å². The molecule has 1 atom stereocenters. The summed E-state index contributed by atoms with van der Waals surface area (Å²) in [7, 11) is 0. The molecule has 1 unspecified atom stereocenters. The molecule has 0 fully saturated rings. The molecule has 1 N–H and O–H groups in total. The number of nitrogens with zero attached hydrogens (tertiary/aromatic N) is 1. The topological polar surface area (TPSA) is 24.9 Å². The lowest BCUT2D eigenvalue weighted by molar-refractivity contribution is 0.531. The van der Waals surface area contributed by atoms with Crippen LogP contribution in [0.2, 0.25) is 5.02 Å². The molecule has 0 aliphatic rings. The third kappa shape index (κ3) is 4.73. The lowest BCUT2D eigenvalue weighted by atomic mass is 10.2. The lowest BCUT2D eigenvalue weighted by Gasteiger charge is -2.16. The second-order valence-electron chi connectivity index (χ2n) is 3.64. The van der Waals surface area contributed by atoms with Gasteiger partial charge < -0.3 is 5.32 Å². The molecule has 4 heteroatoms. The summed E-state index contributed by atoms with van der Waals surface area (Å²) >= 11 is 7.79. The number of thioether (sulfide) groups is 1. The molecule has 1 heterocycles. The van der Waals surface area contributed by atoms with Gasteiger partial charge in [-0.25, -0.2) is 4.98 Å². The second-order valence-corrected chi connectivity index (χ2v) is 5.06. The highest BCUT2D eigenvalue weighted by Gasteiger charge is 2.08. The van der Waals surface area contributed by atoms with Crippen molar-refractivity contribution in [3.63, 3.8) is 0 Å². The predicted molar refractivity (Wildman–Crippen MR) is 72.3 cm³/mol. The number of rotatable bonds is 7. The van der Waals surface area contributed by atoms with Crippen LogP contribution in [0, 0.1) is 0 Å². The Morgan fingerprint density at radius 3 is 2.94 bits per heavy atom. The predicted octanol–water partition coefficient (Wildman–Crippen LogP) is 3.61. The van der Waals surface area contributed by atoms with Gasteiger partial charge in [-0.05, 0) is 25.1 Å². The molecule has 0 aromatic carbocycles. The smallest absolute Gasteiger partial charge is 0.115 e. The fourth-order valence-corrected chi connectivity index (χ4v) is 2.81. The van der Waals surface area contributed by atoms with Crippen LogP contribution in [-0.4, -0.2) is 23.3 Å². The second kappa shape index (κ2) is 7.93. The van der Waals surface area contributed by atoms with Crippen molar-refractivity contribution in [2.24, 2.45) is 0 Å². The molecule has 16 heavy (non-hydrogen) atoms. The van der Waals surface area contributed by atoms with Gasteiger partial charge in [0.25, 0.3) is 0 Å². The normalized spacial score (nSPS) is 12.7. The Morgan fingerprint density at radius 1 is 1.50 bits per heavy atom. The molecular formula is C12H19ClN2S. The summed E-state index contributed by atoms with van der Waals surface area (Å²) in [6.45, 7) is 5.37. The van der Waals surface area contributed by atoms with Crippen LogP contribution in [0.1, 0.15) is 26.7 Å². The monoisotopic (exact) mass is 258 g/mol. The highest BCUT2D eigenvalue weighted by Crippen LogP contribution is 2.25. The molecule has 90 valence electrons. The molecule has 0 aliphatic carbocycles. The average Bonchev–Trinajstić information content (AvgIpc) is 2.28. The number of halogens is 1. The third-order valence-electron chi connectivity index (χ3n) is 2.28. The van der Waals surface area contributed by atoms with Gasteiger partial charge >= 0.3 is 0 Å². The van der Waals surface area contributed by atoms with Crippen molar-refractivity contribution in [1.82, 2.24) is 10.3 Å². The minimum atomic E-state index is 0.554. The van der Waals surface area contributed by atoms with E-state index in [1.807, 2.05) is 12.1 Å². The molecule has 0 aliphatic heterocycles. The van der Waals surface area contributed by atoms with Crippen molar-refractivity contribution in [2.75, 3.05) is 12.3 Å². The molecule has 0 bridgehead atoms. The average molecular weight is 259 g/mol. The van der Waals surface area contributed by atoms with E-state index in [1.54, 1.807) is 18.0 Å². The van der Waals surface area contributed by atoms with E-state index >= 15 is 0 Å². The van der Waals surface area contributed by atoms with Gasteiger partial charge in [-0.1, -0.05) is 31.9 Å². The van der Waals surface area contributed by atoms with Crippen LogP contribution in [0.25, 0.3) is 0 Å². The number of aromatic nitrogens is 1. The Balaban J connectivity index is 2.45. The number of hydrogen-bond donors (Lipinski definition) is 1. The summed E-state index contributed by atoms with van der Waals surface area (Å²) in [4.78, 5) is 4.27. The summed E-state index contributed by atoms with van der Waals surface area (Å²) in [5.74, 6) is 1.03. The Bertz CT molecular complexity index is 301. The first-order valence-electron chi connectivity index (χ1n) is 5.74. The Kier molecular flexibility index (Phi) is 6.85. The van der Waals surface area contributed by atoms with Crippen LogP contribution in [0.4, 0.5) is 0 Å². The van der Waals surface area contributed by atoms with Crippen molar-refractivity contribution < 1.29 is 0 Å². The van der Waals surface area contributed by atoms with Gasteiger partial charge in [-0.2, -0.15) is 0 Å². The first kappa shape index (κ1) is 13.8. The lowest BCUT2D eigenvalue weighted by Crippen LogP contribution is -2.30. The molecule has 0 radical (unpaired) electrons. The van der Waals surface area contributed by atoms with E-state index in [1.165, 1.54) is 12.8 Å². The van der Waals surface area contributed by atoms with Crippen LogP contribution >= 0.6 is 23.4 Å². The first-order valence-corrected chi connectivity index (χ1v) is 7.11. The Labute approximate surface area is 107 Å². The van der Waals surface area contributed by atoms with E-state index in [9.17, 15) is 0 Å². The van der Waals surface area contributed by atoms with Crippen molar-refractivity contribution in [1.29, 1.82) is 0 Å². The summed E-state index contributed by atoms with van der Waals surface area (Å²) < 4.78 is 0. The molecule has 0 saturated carbocycles. The minimum Gasteiger partial charge on any atom is -0.313 e. The van der Waals surface area contributed by atoms with E-state index in [4.69, 9.17) is 11.6 Å². The fourth-order valence-electron chi connectivity index (χ4n) is 1.54. The number of nitrogens with one attached hydrogen (secondary N) is 1. The molecule has 1 rings (SSSR count). The zero-order valence-corrected chi connectivity index (χ0v) is 11.4. The van der Waals surface area contributed by atoms with Crippen LogP contribution in [0.3, 0.4) is 0 Å². The van der Waals surface area contributed by atoms with Crippen LogP contribution in [0.15, 0.2) is 23.4 Å². The molecule has 0 amide bonds.